The van der Waals surface area contributed by atoms with Crippen LogP contribution in [-0.4, -0.2) is 51.1 Å². The highest BCUT2D eigenvalue weighted by atomic mass is 16.7. The summed E-state index contributed by atoms with van der Waals surface area (Å²) in [6, 6.07) is 11.5. The lowest BCUT2D eigenvalue weighted by Gasteiger charge is -2.39. The van der Waals surface area contributed by atoms with Gasteiger partial charge in [0, 0.05) is 22.9 Å². The van der Waals surface area contributed by atoms with Gasteiger partial charge in [0.25, 0.3) is 0 Å². The number of aliphatic hydroxyl groups is 3. The van der Waals surface area contributed by atoms with Crippen LogP contribution >= 0.6 is 0 Å². The van der Waals surface area contributed by atoms with Gasteiger partial charge < -0.3 is 38.7 Å². The molecule has 5 rings (SSSR count). The van der Waals surface area contributed by atoms with Crippen molar-refractivity contribution in [2.24, 2.45) is 0 Å². The first kappa shape index (κ1) is 22.1. The van der Waals surface area contributed by atoms with Gasteiger partial charge in [0.1, 0.15) is 41.0 Å². The molecule has 0 aliphatic carbocycles. The molecule has 1 aliphatic rings. The number of hydrogen-bond acceptors (Lipinski definition) is 10. The van der Waals surface area contributed by atoms with Crippen LogP contribution in [0.3, 0.4) is 0 Å². The van der Waals surface area contributed by atoms with Gasteiger partial charge in [-0.1, -0.05) is 0 Å². The van der Waals surface area contributed by atoms with E-state index in [9.17, 15) is 30.0 Å². The highest BCUT2D eigenvalue weighted by Crippen LogP contribution is 2.45. The predicted octanol–water partition coefficient (Wildman–Crippen LogP) is 1.48. The van der Waals surface area contributed by atoms with Crippen molar-refractivity contribution in [2.75, 3.05) is 0 Å². The molecule has 0 saturated carbocycles. The molecule has 4 N–H and O–H groups in total. The molecule has 0 spiro atoms. The zero-order valence-electron chi connectivity index (χ0n) is 17.7. The molecule has 4 aromatic rings. The third-order valence-corrected chi connectivity index (χ3v) is 5.82. The molecule has 10 heteroatoms. The number of aliphatic hydroxyl groups excluding tert-OH is 3. The van der Waals surface area contributed by atoms with Crippen molar-refractivity contribution in [3.05, 3.63) is 69.4 Å². The lowest BCUT2D eigenvalue weighted by molar-refractivity contribution is -0.268. The third-order valence-electron chi connectivity index (χ3n) is 5.82. The van der Waals surface area contributed by atoms with Gasteiger partial charge in [0.2, 0.25) is 6.29 Å². The number of phenols is 1. The minimum absolute atomic E-state index is 0.00371. The minimum Gasteiger partial charge on any atom is -0.507 e. The number of aromatic hydroxyl groups is 1. The quantitative estimate of drug-likeness (QED) is 0.324. The summed E-state index contributed by atoms with van der Waals surface area (Å²) in [6.07, 6.45) is -6.77. The van der Waals surface area contributed by atoms with Gasteiger partial charge in [-0.25, -0.2) is 9.59 Å². The predicted molar refractivity (Wildman–Crippen MR) is 119 cm³/mol. The summed E-state index contributed by atoms with van der Waals surface area (Å²) >= 11 is 0. The zero-order valence-corrected chi connectivity index (χ0v) is 17.7. The number of fused-ring (bicyclic) bond motifs is 2. The lowest BCUT2D eigenvalue weighted by atomic mass is 9.97. The van der Waals surface area contributed by atoms with Crippen molar-refractivity contribution in [2.45, 2.75) is 37.6 Å². The lowest BCUT2D eigenvalue weighted by Crippen LogP contribution is -2.58. The van der Waals surface area contributed by atoms with Crippen molar-refractivity contribution in [3.63, 3.8) is 0 Å². The summed E-state index contributed by atoms with van der Waals surface area (Å²) in [7, 11) is 0. The van der Waals surface area contributed by atoms with E-state index in [1.165, 1.54) is 43.3 Å². The molecule has 1 fully saturated rings. The van der Waals surface area contributed by atoms with Crippen LogP contribution in [0.25, 0.3) is 33.1 Å². The number of ether oxygens (including phenoxy) is 2. The minimum atomic E-state index is -1.61. The molecule has 0 radical (unpaired) electrons. The van der Waals surface area contributed by atoms with Crippen LogP contribution < -0.4 is 16.0 Å². The summed E-state index contributed by atoms with van der Waals surface area (Å²) in [4.78, 5) is 24.1. The van der Waals surface area contributed by atoms with Crippen LogP contribution in [0.1, 0.15) is 6.92 Å². The molecule has 2 aromatic carbocycles. The zero-order chi connectivity index (χ0) is 24.1. The van der Waals surface area contributed by atoms with Gasteiger partial charge in [-0.15, -0.1) is 0 Å². The fourth-order valence-corrected chi connectivity index (χ4v) is 4.05. The molecule has 1 aliphatic heterocycles. The molecule has 5 atom stereocenters. The second-order valence-electron chi connectivity index (χ2n) is 8.04. The maximum atomic E-state index is 12.1. The molecule has 0 amide bonds. The van der Waals surface area contributed by atoms with E-state index in [2.05, 4.69) is 0 Å². The summed E-state index contributed by atoms with van der Waals surface area (Å²) in [5, 5.41) is 42.3. The van der Waals surface area contributed by atoms with Gasteiger partial charge in [0.05, 0.1) is 17.2 Å². The van der Waals surface area contributed by atoms with E-state index in [-0.39, 0.29) is 33.8 Å². The fraction of sp³-hybridized carbons (Fsp3) is 0.250. The monoisotopic (exact) mass is 468 g/mol. The molecule has 0 bridgehead atoms. The van der Waals surface area contributed by atoms with Crippen LogP contribution in [0, 0.1) is 0 Å². The van der Waals surface area contributed by atoms with Crippen molar-refractivity contribution >= 4 is 21.9 Å². The van der Waals surface area contributed by atoms with Gasteiger partial charge in [0.15, 0.2) is 0 Å². The average Bonchev–Trinajstić information content (AvgIpc) is 2.81. The van der Waals surface area contributed by atoms with E-state index in [1.807, 2.05) is 0 Å². The highest BCUT2D eigenvalue weighted by Gasteiger charge is 2.43. The Balaban J connectivity index is 1.77. The van der Waals surface area contributed by atoms with E-state index in [1.54, 1.807) is 12.1 Å². The van der Waals surface area contributed by atoms with Gasteiger partial charge in [-0.2, -0.15) is 0 Å². The Morgan fingerprint density at radius 1 is 0.735 bits per heavy atom. The number of benzene rings is 2. The Kier molecular flexibility index (Phi) is 5.37. The van der Waals surface area contributed by atoms with E-state index in [0.29, 0.717) is 10.8 Å². The van der Waals surface area contributed by atoms with Gasteiger partial charge >= 0.3 is 11.3 Å². The SMILES string of the molecule is C[C@@H]1O[C@@H](Oc2ccc3ccc(=O)oc3c2-c2c(O)ccc3ccc(=O)oc23)[C@@H](O)[C@H](O)[C@H]1O. The summed E-state index contributed by atoms with van der Waals surface area (Å²) in [6.45, 7) is 1.50. The number of phenolic OH excluding ortho intramolecular Hbond substituents is 1. The van der Waals surface area contributed by atoms with Crippen LogP contribution in [0.2, 0.25) is 0 Å². The van der Waals surface area contributed by atoms with Crippen molar-refractivity contribution in [1.82, 2.24) is 0 Å². The smallest absolute Gasteiger partial charge is 0.336 e. The Morgan fingerprint density at radius 2 is 1.29 bits per heavy atom. The molecule has 3 heterocycles. The fourth-order valence-electron chi connectivity index (χ4n) is 4.05. The molecular formula is C24H20O10. The summed E-state index contributed by atoms with van der Waals surface area (Å²) in [5.74, 6) is -0.296. The Morgan fingerprint density at radius 3 is 1.94 bits per heavy atom. The standard InChI is InChI=1S/C24H20O10/c1-10-19(28)20(29)21(30)24(31-10)32-14-7-3-12-5-9-16(27)34-23(12)18(14)17-13(25)6-2-11-4-8-15(26)33-22(11)17/h2-10,19-21,24-25,28-30H,1H3/t10-,19-,20+,21-,24-/m0/s1. The second kappa shape index (κ2) is 8.26. The topological polar surface area (TPSA) is 160 Å². The molecule has 34 heavy (non-hydrogen) atoms. The highest BCUT2D eigenvalue weighted by molar-refractivity contribution is 6.05. The first-order chi connectivity index (χ1) is 16.2. The second-order valence-corrected chi connectivity index (χ2v) is 8.04. The molecule has 10 nitrogen and oxygen atoms in total. The van der Waals surface area contributed by atoms with Crippen LogP contribution in [0.15, 0.2) is 67.0 Å². The normalized spacial score (nSPS) is 25.0. The van der Waals surface area contributed by atoms with E-state index in [4.69, 9.17) is 18.3 Å². The first-order valence-corrected chi connectivity index (χ1v) is 10.4. The van der Waals surface area contributed by atoms with E-state index >= 15 is 0 Å². The van der Waals surface area contributed by atoms with Crippen LogP contribution in [-0.2, 0) is 4.74 Å². The summed E-state index contributed by atoms with van der Waals surface area (Å²) < 4.78 is 22.2. The van der Waals surface area contributed by atoms with Gasteiger partial charge in [-0.05, 0) is 43.3 Å². The van der Waals surface area contributed by atoms with Crippen LogP contribution in [0.5, 0.6) is 11.5 Å². The summed E-state index contributed by atoms with van der Waals surface area (Å²) in [5.41, 5.74) is -1.21. The Labute approximate surface area is 190 Å². The molecule has 1 saturated heterocycles. The maximum Gasteiger partial charge on any atom is 0.336 e. The first-order valence-electron chi connectivity index (χ1n) is 10.4. The number of rotatable bonds is 3. The van der Waals surface area contributed by atoms with E-state index < -0.39 is 42.0 Å². The largest absolute Gasteiger partial charge is 0.507 e. The Hall–Kier alpha value is -3.70. The van der Waals surface area contributed by atoms with Crippen molar-refractivity contribution in [1.29, 1.82) is 0 Å². The van der Waals surface area contributed by atoms with Gasteiger partial charge in [-0.3, -0.25) is 0 Å². The van der Waals surface area contributed by atoms with Crippen molar-refractivity contribution < 1.29 is 38.7 Å². The molecular weight excluding hydrogens is 448 g/mol. The molecule has 176 valence electrons. The Bertz CT molecular complexity index is 1500. The van der Waals surface area contributed by atoms with E-state index in [0.717, 1.165) is 0 Å². The number of hydrogen-bond donors (Lipinski definition) is 4. The molecule has 0 unspecified atom stereocenters. The maximum absolute atomic E-state index is 12.1. The molecule has 2 aromatic heterocycles. The van der Waals surface area contributed by atoms with Crippen LogP contribution in [0.4, 0.5) is 0 Å². The average molecular weight is 468 g/mol. The van der Waals surface area contributed by atoms with Crippen molar-refractivity contribution in [3.8, 4) is 22.6 Å². The third kappa shape index (κ3) is 3.62.